The van der Waals surface area contributed by atoms with Crippen molar-refractivity contribution in [3.05, 3.63) is 0 Å². The molecule has 2 aliphatic carbocycles. The molecule has 2 aliphatic rings. The summed E-state index contributed by atoms with van der Waals surface area (Å²) in [7, 11) is 0. The van der Waals surface area contributed by atoms with Crippen molar-refractivity contribution in [3.8, 4) is 0 Å². The smallest absolute Gasteiger partial charge is 0.0321 e. The molecule has 0 radical (unpaired) electrons. The fraction of sp³-hybridized carbons (Fsp3) is 1.00. The second-order valence-corrected chi connectivity index (χ2v) is 5.49. The minimum atomic E-state index is 0.752. The molecule has 3 unspecified atom stereocenters. The lowest BCUT2D eigenvalue weighted by molar-refractivity contribution is 0.0540. The Morgan fingerprint density at radius 3 is 2.83 bits per heavy atom. The summed E-state index contributed by atoms with van der Waals surface area (Å²) in [4.78, 5) is 0. The lowest BCUT2D eigenvalue weighted by atomic mass is 9.59. The molecule has 2 saturated carbocycles. The molecule has 0 saturated heterocycles. The second kappa shape index (κ2) is 3.05. The fourth-order valence-corrected chi connectivity index (χ4v) is 3.67. The van der Waals surface area contributed by atoms with Crippen LogP contribution in [0, 0.1) is 17.3 Å². The van der Waals surface area contributed by atoms with Gasteiger partial charge in [0.1, 0.15) is 0 Å². The average molecular weight is 166 g/mol. The van der Waals surface area contributed by atoms with E-state index in [1.165, 1.54) is 32.1 Å². The lowest BCUT2D eigenvalue weighted by Crippen LogP contribution is -2.34. The zero-order chi connectivity index (χ0) is 8.60. The fourth-order valence-electron chi connectivity index (χ4n) is 3.67. The van der Waals surface area contributed by atoms with Gasteiger partial charge in [0, 0.05) is 0 Å². The van der Waals surface area contributed by atoms with Crippen LogP contribution in [0.1, 0.15) is 58.8 Å². The van der Waals surface area contributed by atoms with Crippen LogP contribution in [0.2, 0.25) is 0 Å². The molecule has 12 heavy (non-hydrogen) atoms. The summed E-state index contributed by atoms with van der Waals surface area (Å²) in [6.07, 6.45) is 10.6. The van der Waals surface area contributed by atoms with Gasteiger partial charge in [0.05, 0.1) is 0 Å². The summed E-state index contributed by atoms with van der Waals surface area (Å²) in [5.41, 5.74) is 0.752. The first-order chi connectivity index (χ1) is 5.72. The van der Waals surface area contributed by atoms with Crippen LogP contribution >= 0.6 is 0 Å². The topological polar surface area (TPSA) is 0 Å². The molecule has 2 rings (SSSR count). The highest BCUT2D eigenvalue weighted by molar-refractivity contribution is 4.90. The van der Waals surface area contributed by atoms with Gasteiger partial charge in [-0.25, -0.2) is 0 Å². The van der Waals surface area contributed by atoms with E-state index in [-0.39, 0.29) is 0 Å². The van der Waals surface area contributed by atoms with Crippen LogP contribution in [0.4, 0.5) is 0 Å². The van der Waals surface area contributed by atoms with E-state index in [0.29, 0.717) is 0 Å². The molecule has 0 aromatic heterocycles. The Morgan fingerprint density at radius 2 is 2.17 bits per heavy atom. The first kappa shape index (κ1) is 8.59. The molecule has 0 aromatic carbocycles. The SMILES string of the molecule is CCC1CC2CCCC(C)(C1)C2. The highest BCUT2D eigenvalue weighted by Gasteiger charge is 2.38. The second-order valence-electron chi connectivity index (χ2n) is 5.49. The van der Waals surface area contributed by atoms with E-state index in [2.05, 4.69) is 13.8 Å². The number of fused-ring (bicyclic) bond motifs is 2. The summed E-state index contributed by atoms with van der Waals surface area (Å²) >= 11 is 0. The summed E-state index contributed by atoms with van der Waals surface area (Å²) in [6, 6.07) is 0. The van der Waals surface area contributed by atoms with Gasteiger partial charge in [0.25, 0.3) is 0 Å². The van der Waals surface area contributed by atoms with Gasteiger partial charge >= 0.3 is 0 Å². The molecular formula is C12H22. The van der Waals surface area contributed by atoms with Crippen molar-refractivity contribution in [2.75, 3.05) is 0 Å². The van der Waals surface area contributed by atoms with Gasteiger partial charge in [0.2, 0.25) is 0 Å². The predicted molar refractivity (Wildman–Crippen MR) is 53.1 cm³/mol. The monoisotopic (exact) mass is 166 g/mol. The molecule has 0 spiro atoms. The van der Waals surface area contributed by atoms with Crippen molar-refractivity contribution in [3.63, 3.8) is 0 Å². The summed E-state index contributed by atoms with van der Waals surface area (Å²) in [6.45, 7) is 4.90. The third-order valence-corrected chi connectivity index (χ3v) is 4.20. The van der Waals surface area contributed by atoms with Crippen molar-refractivity contribution in [2.45, 2.75) is 58.8 Å². The first-order valence-corrected chi connectivity index (χ1v) is 5.72. The molecule has 0 heteroatoms. The Morgan fingerprint density at radius 1 is 1.33 bits per heavy atom. The van der Waals surface area contributed by atoms with Gasteiger partial charge < -0.3 is 0 Å². The molecular weight excluding hydrogens is 144 g/mol. The van der Waals surface area contributed by atoms with E-state index in [1.54, 1.807) is 12.8 Å². The van der Waals surface area contributed by atoms with Crippen molar-refractivity contribution >= 4 is 0 Å². The summed E-state index contributed by atoms with van der Waals surface area (Å²) in [5.74, 6) is 2.16. The maximum atomic E-state index is 2.53. The third-order valence-electron chi connectivity index (χ3n) is 4.20. The van der Waals surface area contributed by atoms with Gasteiger partial charge in [-0.3, -0.25) is 0 Å². The molecule has 2 bridgehead atoms. The van der Waals surface area contributed by atoms with Crippen molar-refractivity contribution in [2.24, 2.45) is 17.3 Å². The van der Waals surface area contributed by atoms with Crippen LogP contribution in [0.25, 0.3) is 0 Å². The minimum absolute atomic E-state index is 0.752. The quantitative estimate of drug-likeness (QED) is 0.552. The maximum absolute atomic E-state index is 2.53. The minimum Gasteiger partial charge on any atom is -0.0651 e. The van der Waals surface area contributed by atoms with E-state index < -0.39 is 0 Å². The average Bonchev–Trinajstić information content (AvgIpc) is 2.02. The Kier molecular flexibility index (Phi) is 2.18. The van der Waals surface area contributed by atoms with Crippen molar-refractivity contribution in [1.82, 2.24) is 0 Å². The molecule has 70 valence electrons. The van der Waals surface area contributed by atoms with Gasteiger partial charge in [0.15, 0.2) is 0 Å². The number of hydrogen-bond donors (Lipinski definition) is 0. The van der Waals surface area contributed by atoms with Crippen LogP contribution in [-0.2, 0) is 0 Å². The molecule has 3 atom stereocenters. The van der Waals surface area contributed by atoms with Crippen LogP contribution < -0.4 is 0 Å². The van der Waals surface area contributed by atoms with E-state index >= 15 is 0 Å². The largest absolute Gasteiger partial charge is 0.0651 e. The van der Waals surface area contributed by atoms with E-state index in [4.69, 9.17) is 0 Å². The van der Waals surface area contributed by atoms with Gasteiger partial charge in [-0.15, -0.1) is 0 Å². The zero-order valence-corrected chi connectivity index (χ0v) is 8.60. The van der Waals surface area contributed by atoms with Gasteiger partial charge in [-0.05, 0) is 42.9 Å². The molecule has 0 aliphatic heterocycles. The predicted octanol–water partition coefficient (Wildman–Crippen LogP) is 4.00. The van der Waals surface area contributed by atoms with Crippen LogP contribution in [0.3, 0.4) is 0 Å². The maximum Gasteiger partial charge on any atom is -0.0321 e. The molecule has 0 heterocycles. The third kappa shape index (κ3) is 1.53. The standard InChI is InChI=1S/C12H22/c1-3-10-7-11-5-4-6-12(2,8-10)9-11/h10-11H,3-9H2,1-2H3. The Hall–Kier alpha value is 0. The van der Waals surface area contributed by atoms with Crippen LogP contribution in [0.5, 0.6) is 0 Å². The van der Waals surface area contributed by atoms with E-state index in [9.17, 15) is 0 Å². The molecule has 0 nitrogen and oxygen atoms in total. The lowest BCUT2D eigenvalue weighted by Gasteiger charge is -2.46. The zero-order valence-electron chi connectivity index (χ0n) is 8.60. The number of hydrogen-bond acceptors (Lipinski definition) is 0. The Labute approximate surface area is 76.7 Å². The summed E-state index contributed by atoms with van der Waals surface area (Å²) < 4.78 is 0. The van der Waals surface area contributed by atoms with Crippen molar-refractivity contribution < 1.29 is 0 Å². The van der Waals surface area contributed by atoms with Crippen LogP contribution in [0.15, 0.2) is 0 Å². The van der Waals surface area contributed by atoms with Gasteiger partial charge in [-0.2, -0.15) is 0 Å². The molecule has 0 N–H and O–H groups in total. The Balaban J connectivity index is 2.05. The Bertz CT molecular complexity index is 161. The first-order valence-electron chi connectivity index (χ1n) is 5.72. The highest BCUT2D eigenvalue weighted by atomic mass is 14.4. The summed E-state index contributed by atoms with van der Waals surface area (Å²) in [5, 5.41) is 0. The van der Waals surface area contributed by atoms with E-state index in [1.807, 2.05) is 0 Å². The number of rotatable bonds is 1. The molecule has 0 amide bonds. The van der Waals surface area contributed by atoms with Crippen molar-refractivity contribution in [1.29, 1.82) is 0 Å². The molecule has 2 fully saturated rings. The highest BCUT2D eigenvalue weighted by Crippen LogP contribution is 2.51. The normalized spacial score (nSPS) is 47.5. The van der Waals surface area contributed by atoms with Gasteiger partial charge in [-0.1, -0.05) is 33.1 Å². The van der Waals surface area contributed by atoms with Crippen LogP contribution in [-0.4, -0.2) is 0 Å². The van der Waals surface area contributed by atoms with E-state index in [0.717, 1.165) is 17.3 Å². The molecule has 0 aromatic rings.